The number of carboxylic acid groups (broad SMARTS) is 1. The third-order valence-corrected chi connectivity index (χ3v) is 2.21. The van der Waals surface area contributed by atoms with Crippen LogP contribution in [0.4, 0.5) is 10.6 Å². The lowest BCUT2D eigenvalue weighted by atomic mass is 10.2. The molecule has 5 nitrogen and oxygen atoms in total. The lowest BCUT2D eigenvalue weighted by Gasteiger charge is -2.07. The summed E-state index contributed by atoms with van der Waals surface area (Å²) in [7, 11) is 0. The first kappa shape index (κ1) is 11.9. The summed E-state index contributed by atoms with van der Waals surface area (Å²) >= 11 is 0. The van der Waals surface area contributed by atoms with Gasteiger partial charge in [-0.2, -0.15) is 0 Å². The molecule has 0 radical (unpaired) electrons. The summed E-state index contributed by atoms with van der Waals surface area (Å²) in [4.78, 5) is 14.3. The Morgan fingerprint density at radius 1 is 1.28 bits per heavy atom. The van der Waals surface area contributed by atoms with Crippen molar-refractivity contribution in [2.24, 2.45) is 0 Å². The smallest absolute Gasteiger partial charge is 0.410 e. The van der Waals surface area contributed by atoms with Gasteiger partial charge in [-0.15, -0.1) is 0 Å². The van der Waals surface area contributed by atoms with Crippen molar-refractivity contribution in [1.29, 1.82) is 0 Å². The highest BCUT2D eigenvalue weighted by atomic mass is 16.5. The highest BCUT2D eigenvalue weighted by molar-refractivity contribution is 5.81. The third kappa shape index (κ3) is 3.48. The maximum Gasteiger partial charge on any atom is 0.410 e. The van der Waals surface area contributed by atoms with E-state index in [1.807, 2.05) is 30.3 Å². The lowest BCUT2D eigenvalue weighted by Crippen LogP contribution is -2.08. The van der Waals surface area contributed by atoms with Crippen LogP contribution in [0.15, 0.2) is 48.7 Å². The second-order valence-corrected chi connectivity index (χ2v) is 3.58. The molecule has 0 fully saturated rings. The summed E-state index contributed by atoms with van der Waals surface area (Å²) in [6.45, 7) is 0.428. The quantitative estimate of drug-likeness (QED) is 0.867. The van der Waals surface area contributed by atoms with Crippen molar-refractivity contribution in [2.75, 3.05) is 5.32 Å². The molecule has 2 rings (SSSR count). The Kier molecular flexibility index (Phi) is 3.76. The fourth-order valence-corrected chi connectivity index (χ4v) is 1.42. The molecule has 5 heteroatoms. The van der Waals surface area contributed by atoms with E-state index >= 15 is 0 Å². The minimum atomic E-state index is -1.15. The molecule has 0 bridgehead atoms. The van der Waals surface area contributed by atoms with Crippen LogP contribution in [0.1, 0.15) is 5.56 Å². The summed E-state index contributed by atoms with van der Waals surface area (Å²) in [5, 5.41) is 10.7. The monoisotopic (exact) mass is 244 g/mol. The van der Waals surface area contributed by atoms with E-state index in [9.17, 15) is 4.79 Å². The van der Waals surface area contributed by atoms with Gasteiger partial charge in [0.15, 0.2) is 0 Å². The number of rotatable bonds is 4. The van der Waals surface area contributed by atoms with Gasteiger partial charge in [-0.25, -0.2) is 9.78 Å². The highest BCUT2D eigenvalue weighted by Gasteiger charge is 2.01. The zero-order valence-corrected chi connectivity index (χ0v) is 9.54. The Morgan fingerprint density at radius 3 is 2.78 bits per heavy atom. The number of nitrogens with one attached hydrogen (secondary N) is 1. The molecule has 1 heterocycles. The number of benzene rings is 1. The molecule has 0 atom stereocenters. The number of carbonyl (C=O) groups is 1. The first-order chi connectivity index (χ1) is 8.74. The number of nitrogens with zero attached hydrogens (tertiary/aromatic N) is 1. The molecular weight excluding hydrogens is 232 g/mol. The van der Waals surface area contributed by atoms with Crippen molar-refractivity contribution in [1.82, 2.24) is 4.98 Å². The van der Waals surface area contributed by atoms with Gasteiger partial charge in [0, 0.05) is 12.3 Å². The van der Waals surface area contributed by atoms with Gasteiger partial charge in [0.05, 0.1) is 0 Å². The van der Waals surface area contributed by atoms with Crippen LogP contribution in [0.25, 0.3) is 0 Å². The Morgan fingerprint density at radius 2 is 2.06 bits per heavy atom. The molecule has 0 spiro atoms. The second kappa shape index (κ2) is 5.67. The fraction of sp³-hybridized carbons (Fsp3) is 0.0769. The van der Waals surface area contributed by atoms with Crippen LogP contribution in [0, 0.1) is 0 Å². The van der Waals surface area contributed by atoms with E-state index in [-0.39, 0.29) is 5.82 Å². The van der Waals surface area contributed by atoms with Crippen LogP contribution < -0.4 is 10.1 Å². The molecule has 0 aliphatic heterocycles. The van der Waals surface area contributed by atoms with Crippen LogP contribution in [-0.2, 0) is 6.61 Å². The number of aromatic nitrogens is 1. The molecule has 2 aromatic rings. The van der Waals surface area contributed by atoms with Gasteiger partial charge >= 0.3 is 6.09 Å². The predicted octanol–water partition coefficient (Wildman–Crippen LogP) is 2.75. The number of pyridine rings is 1. The van der Waals surface area contributed by atoms with Crippen molar-refractivity contribution in [2.45, 2.75) is 6.61 Å². The standard InChI is InChI=1S/C13H12N2O3/c16-13(17)15-12-8-11(6-7-14-12)18-9-10-4-2-1-3-5-10/h1-8H,9H2,(H,14,15)(H,16,17). The van der Waals surface area contributed by atoms with Crippen molar-refractivity contribution in [3.05, 3.63) is 54.2 Å². The Hall–Kier alpha value is -2.56. The zero-order valence-electron chi connectivity index (χ0n) is 9.54. The topological polar surface area (TPSA) is 71.5 Å². The van der Waals surface area contributed by atoms with E-state index in [2.05, 4.69) is 10.3 Å². The molecule has 1 aromatic carbocycles. The van der Waals surface area contributed by atoms with E-state index in [1.54, 1.807) is 6.07 Å². The number of amides is 1. The van der Waals surface area contributed by atoms with Gasteiger partial charge in [0.25, 0.3) is 0 Å². The summed E-state index contributed by atoms with van der Waals surface area (Å²) in [6, 6.07) is 12.9. The maximum absolute atomic E-state index is 10.5. The Balaban J connectivity index is 1.99. The minimum absolute atomic E-state index is 0.244. The average molecular weight is 244 g/mol. The predicted molar refractivity (Wildman–Crippen MR) is 66.7 cm³/mol. The fourth-order valence-electron chi connectivity index (χ4n) is 1.42. The number of ether oxygens (including phenoxy) is 1. The van der Waals surface area contributed by atoms with Gasteiger partial charge in [0.1, 0.15) is 18.2 Å². The third-order valence-electron chi connectivity index (χ3n) is 2.21. The van der Waals surface area contributed by atoms with Gasteiger partial charge in [0.2, 0.25) is 0 Å². The molecular formula is C13H12N2O3. The molecule has 92 valence electrons. The molecule has 0 aliphatic rings. The first-order valence-electron chi connectivity index (χ1n) is 5.37. The molecule has 0 saturated heterocycles. The minimum Gasteiger partial charge on any atom is -0.489 e. The van der Waals surface area contributed by atoms with Crippen LogP contribution in [0.5, 0.6) is 5.75 Å². The lowest BCUT2D eigenvalue weighted by molar-refractivity contribution is 0.209. The zero-order chi connectivity index (χ0) is 12.8. The number of hydrogen-bond acceptors (Lipinski definition) is 3. The maximum atomic E-state index is 10.5. The van der Waals surface area contributed by atoms with Crippen LogP contribution >= 0.6 is 0 Å². The van der Waals surface area contributed by atoms with Crippen molar-refractivity contribution in [3.8, 4) is 5.75 Å². The molecule has 18 heavy (non-hydrogen) atoms. The van der Waals surface area contributed by atoms with Gasteiger partial charge in [-0.1, -0.05) is 30.3 Å². The molecule has 0 unspecified atom stereocenters. The van der Waals surface area contributed by atoms with Crippen LogP contribution in [0.3, 0.4) is 0 Å². The van der Waals surface area contributed by atoms with E-state index in [0.717, 1.165) is 5.56 Å². The summed E-state index contributed by atoms with van der Waals surface area (Å²) in [5.74, 6) is 0.811. The number of anilines is 1. The van der Waals surface area contributed by atoms with Crippen molar-refractivity contribution >= 4 is 11.9 Å². The van der Waals surface area contributed by atoms with Gasteiger partial charge in [-0.3, -0.25) is 5.32 Å². The van der Waals surface area contributed by atoms with Gasteiger partial charge in [-0.05, 0) is 11.6 Å². The van der Waals surface area contributed by atoms with Crippen LogP contribution in [0.2, 0.25) is 0 Å². The summed E-state index contributed by atoms with van der Waals surface area (Å²) in [6.07, 6.45) is 0.341. The number of hydrogen-bond donors (Lipinski definition) is 2. The van der Waals surface area contributed by atoms with Crippen LogP contribution in [-0.4, -0.2) is 16.2 Å². The van der Waals surface area contributed by atoms with E-state index in [4.69, 9.17) is 9.84 Å². The highest BCUT2D eigenvalue weighted by Crippen LogP contribution is 2.16. The largest absolute Gasteiger partial charge is 0.489 e. The summed E-state index contributed by atoms with van der Waals surface area (Å²) < 4.78 is 5.54. The van der Waals surface area contributed by atoms with E-state index in [0.29, 0.717) is 12.4 Å². The molecule has 1 amide bonds. The molecule has 0 aliphatic carbocycles. The molecule has 1 aromatic heterocycles. The molecule has 0 saturated carbocycles. The van der Waals surface area contributed by atoms with Gasteiger partial charge < -0.3 is 9.84 Å². The normalized spacial score (nSPS) is 9.78. The Labute approximate surface area is 104 Å². The first-order valence-corrected chi connectivity index (χ1v) is 5.37. The Bertz CT molecular complexity index is 529. The van der Waals surface area contributed by atoms with Crippen molar-refractivity contribution in [3.63, 3.8) is 0 Å². The van der Waals surface area contributed by atoms with Crippen molar-refractivity contribution < 1.29 is 14.6 Å². The molecule has 2 N–H and O–H groups in total. The summed E-state index contributed by atoms with van der Waals surface area (Å²) in [5.41, 5.74) is 1.04. The second-order valence-electron chi connectivity index (χ2n) is 3.58. The van der Waals surface area contributed by atoms with E-state index in [1.165, 1.54) is 12.3 Å². The SMILES string of the molecule is O=C(O)Nc1cc(OCc2ccccc2)ccn1. The average Bonchev–Trinajstić information content (AvgIpc) is 2.37. The van der Waals surface area contributed by atoms with E-state index < -0.39 is 6.09 Å².